The third-order valence-electron chi connectivity index (χ3n) is 3.77. The zero-order valence-electron chi connectivity index (χ0n) is 14.4. The molecule has 1 heterocycles. The number of nitrogens with zero attached hydrogens (tertiary/aromatic N) is 1. The first-order chi connectivity index (χ1) is 11.6. The van der Waals surface area contributed by atoms with Gasteiger partial charge in [0.15, 0.2) is 5.13 Å². The lowest BCUT2D eigenvalue weighted by molar-refractivity contribution is 0.102. The molecule has 1 aromatic heterocycles. The lowest BCUT2D eigenvalue weighted by atomic mass is 10.1. The van der Waals surface area contributed by atoms with Gasteiger partial charge in [0.25, 0.3) is 5.91 Å². The van der Waals surface area contributed by atoms with Crippen LogP contribution in [0.3, 0.4) is 0 Å². The molecule has 6 heteroatoms. The number of nitrogens with two attached hydrogens (primary N) is 1. The van der Waals surface area contributed by atoms with E-state index in [4.69, 9.17) is 5.73 Å². The van der Waals surface area contributed by atoms with Gasteiger partial charge in [-0.3, -0.25) is 10.1 Å². The van der Waals surface area contributed by atoms with E-state index in [0.717, 1.165) is 42.1 Å². The number of carbonyl (C=O) groups is 1. The van der Waals surface area contributed by atoms with Crippen LogP contribution in [0.4, 0.5) is 10.8 Å². The molecule has 24 heavy (non-hydrogen) atoms. The van der Waals surface area contributed by atoms with Crippen molar-refractivity contribution in [2.45, 2.75) is 39.5 Å². The van der Waals surface area contributed by atoms with Crippen LogP contribution in [0.1, 0.15) is 46.5 Å². The summed E-state index contributed by atoms with van der Waals surface area (Å²) in [5.74, 6) is -0.116. The average molecular weight is 347 g/mol. The lowest BCUT2D eigenvalue weighted by Gasteiger charge is -2.10. The number of anilines is 2. The summed E-state index contributed by atoms with van der Waals surface area (Å²) in [5.41, 5.74) is 8.17. The van der Waals surface area contributed by atoms with Gasteiger partial charge in [-0.2, -0.15) is 0 Å². The minimum absolute atomic E-state index is 0.116. The summed E-state index contributed by atoms with van der Waals surface area (Å²) >= 11 is 1.48. The first-order valence-corrected chi connectivity index (χ1v) is 9.20. The SMILES string of the molecule is Cc1cnc(NC(=O)c2ccc(NCCCCCCN)cc2C)s1. The Kier molecular flexibility index (Phi) is 7.21. The molecular weight excluding hydrogens is 320 g/mol. The van der Waals surface area contributed by atoms with Crippen molar-refractivity contribution in [1.82, 2.24) is 4.98 Å². The number of aromatic nitrogens is 1. The van der Waals surface area contributed by atoms with E-state index in [1.165, 1.54) is 24.2 Å². The third kappa shape index (κ3) is 5.62. The molecule has 1 aromatic carbocycles. The fourth-order valence-electron chi connectivity index (χ4n) is 2.46. The minimum Gasteiger partial charge on any atom is -0.385 e. The lowest BCUT2D eigenvalue weighted by Crippen LogP contribution is -2.13. The van der Waals surface area contributed by atoms with Crippen LogP contribution in [0.25, 0.3) is 0 Å². The van der Waals surface area contributed by atoms with Crippen LogP contribution in [-0.2, 0) is 0 Å². The molecule has 0 spiro atoms. The van der Waals surface area contributed by atoms with Crippen molar-refractivity contribution >= 4 is 28.1 Å². The van der Waals surface area contributed by atoms with Gasteiger partial charge in [-0.05, 0) is 57.0 Å². The van der Waals surface area contributed by atoms with Gasteiger partial charge in [0.1, 0.15) is 0 Å². The van der Waals surface area contributed by atoms with Crippen molar-refractivity contribution in [1.29, 1.82) is 0 Å². The monoisotopic (exact) mass is 346 g/mol. The van der Waals surface area contributed by atoms with Crippen molar-refractivity contribution in [3.63, 3.8) is 0 Å². The van der Waals surface area contributed by atoms with Gasteiger partial charge in [-0.1, -0.05) is 12.8 Å². The Morgan fingerprint density at radius 3 is 2.67 bits per heavy atom. The minimum atomic E-state index is -0.116. The summed E-state index contributed by atoms with van der Waals surface area (Å²) < 4.78 is 0. The maximum Gasteiger partial charge on any atom is 0.257 e. The first kappa shape index (κ1) is 18.4. The summed E-state index contributed by atoms with van der Waals surface area (Å²) in [6.45, 7) is 5.63. The quantitative estimate of drug-likeness (QED) is 0.601. The van der Waals surface area contributed by atoms with Crippen LogP contribution in [0, 0.1) is 13.8 Å². The Bertz CT molecular complexity index is 669. The summed E-state index contributed by atoms with van der Waals surface area (Å²) in [6.07, 6.45) is 6.36. The predicted molar refractivity (Wildman–Crippen MR) is 102 cm³/mol. The van der Waals surface area contributed by atoms with Crippen LogP contribution >= 0.6 is 11.3 Å². The van der Waals surface area contributed by atoms with E-state index in [2.05, 4.69) is 15.6 Å². The van der Waals surface area contributed by atoms with E-state index >= 15 is 0 Å². The molecule has 2 aromatic rings. The highest BCUT2D eigenvalue weighted by atomic mass is 32.1. The Hall–Kier alpha value is -1.92. The zero-order chi connectivity index (χ0) is 17.4. The second-order valence-corrected chi connectivity index (χ2v) is 7.12. The molecule has 0 radical (unpaired) electrons. The zero-order valence-corrected chi connectivity index (χ0v) is 15.2. The third-order valence-corrected chi connectivity index (χ3v) is 4.60. The maximum atomic E-state index is 12.3. The van der Waals surface area contributed by atoms with Crippen molar-refractivity contribution in [2.75, 3.05) is 23.7 Å². The van der Waals surface area contributed by atoms with E-state index in [1.807, 2.05) is 32.0 Å². The van der Waals surface area contributed by atoms with E-state index < -0.39 is 0 Å². The fourth-order valence-corrected chi connectivity index (χ4v) is 3.12. The molecule has 0 aliphatic carbocycles. The van der Waals surface area contributed by atoms with Crippen molar-refractivity contribution < 1.29 is 4.79 Å². The number of benzene rings is 1. The highest BCUT2D eigenvalue weighted by Gasteiger charge is 2.11. The van der Waals surface area contributed by atoms with Gasteiger partial charge in [-0.25, -0.2) is 4.98 Å². The average Bonchev–Trinajstić information content (AvgIpc) is 2.95. The van der Waals surface area contributed by atoms with E-state index in [1.54, 1.807) is 6.20 Å². The highest BCUT2D eigenvalue weighted by Crippen LogP contribution is 2.20. The predicted octanol–water partition coefficient (Wildman–Crippen LogP) is 3.94. The number of nitrogens with one attached hydrogen (secondary N) is 2. The second-order valence-electron chi connectivity index (χ2n) is 5.89. The van der Waals surface area contributed by atoms with Crippen molar-refractivity contribution in [3.05, 3.63) is 40.4 Å². The van der Waals surface area contributed by atoms with Gasteiger partial charge in [-0.15, -0.1) is 11.3 Å². The Morgan fingerprint density at radius 2 is 2.00 bits per heavy atom. The molecule has 0 atom stereocenters. The summed E-state index contributed by atoms with van der Waals surface area (Å²) in [4.78, 5) is 17.6. The molecule has 4 N–H and O–H groups in total. The van der Waals surface area contributed by atoms with Gasteiger partial charge in [0, 0.05) is 28.9 Å². The van der Waals surface area contributed by atoms with Crippen LogP contribution < -0.4 is 16.4 Å². The Morgan fingerprint density at radius 1 is 1.21 bits per heavy atom. The molecule has 1 amide bonds. The van der Waals surface area contributed by atoms with E-state index in [-0.39, 0.29) is 5.91 Å². The second kappa shape index (κ2) is 9.39. The largest absolute Gasteiger partial charge is 0.385 e. The van der Waals surface area contributed by atoms with Crippen molar-refractivity contribution in [2.24, 2.45) is 5.73 Å². The smallest absolute Gasteiger partial charge is 0.257 e. The molecule has 0 bridgehead atoms. The topological polar surface area (TPSA) is 80.0 Å². The van der Waals surface area contributed by atoms with Gasteiger partial charge in [0.05, 0.1) is 0 Å². The summed E-state index contributed by atoms with van der Waals surface area (Å²) in [7, 11) is 0. The van der Waals surface area contributed by atoms with Gasteiger partial charge < -0.3 is 11.1 Å². The van der Waals surface area contributed by atoms with Crippen LogP contribution in [-0.4, -0.2) is 24.0 Å². The molecule has 2 rings (SSSR count). The van der Waals surface area contributed by atoms with Gasteiger partial charge >= 0.3 is 0 Å². The number of aryl methyl sites for hydroxylation is 2. The molecule has 0 saturated carbocycles. The number of unbranched alkanes of at least 4 members (excludes halogenated alkanes) is 3. The Balaban J connectivity index is 1.86. The number of hydrogen-bond acceptors (Lipinski definition) is 5. The van der Waals surface area contributed by atoms with Crippen LogP contribution in [0.5, 0.6) is 0 Å². The molecule has 0 fully saturated rings. The molecule has 5 nitrogen and oxygen atoms in total. The number of amides is 1. The first-order valence-electron chi connectivity index (χ1n) is 8.38. The number of rotatable bonds is 9. The molecule has 0 saturated heterocycles. The normalized spacial score (nSPS) is 10.6. The van der Waals surface area contributed by atoms with Crippen LogP contribution in [0.15, 0.2) is 24.4 Å². The maximum absolute atomic E-state index is 12.3. The number of thiazole rings is 1. The van der Waals surface area contributed by atoms with Crippen molar-refractivity contribution in [3.8, 4) is 0 Å². The molecule has 0 unspecified atom stereocenters. The molecular formula is C18H26N4OS. The number of hydrogen-bond donors (Lipinski definition) is 3. The van der Waals surface area contributed by atoms with E-state index in [0.29, 0.717) is 10.7 Å². The standard InChI is InChI=1S/C18H26N4OS/c1-13-11-15(20-10-6-4-3-5-9-19)7-8-16(13)17(23)22-18-21-12-14(2)24-18/h7-8,11-12,20H,3-6,9-10,19H2,1-2H3,(H,21,22,23). The summed E-state index contributed by atoms with van der Waals surface area (Å²) in [5, 5.41) is 6.89. The molecule has 0 aliphatic rings. The van der Waals surface area contributed by atoms with E-state index in [9.17, 15) is 4.79 Å². The fraction of sp³-hybridized carbons (Fsp3) is 0.444. The van der Waals surface area contributed by atoms with Gasteiger partial charge in [0.2, 0.25) is 0 Å². The molecule has 0 aliphatic heterocycles. The van der Waals surface area contributed by atoms with Crippen LogP contribution in [0.2, 0.25) is 0 Å². The Labute approximate surface area is 147 Å². The highest BCUT2D eigenvalue weighted by molar-refractivity contribution is 7.15. The number of carbonyl (C=O) groups excluding carboxylic acids is 1. The molecule has 130 valence electrons. The summed E-state index contributed by atoms with van der Waals surface area (Å²) in [6, 6.07) is 5.83.